The molecule has 1 amide bonds. The molecule has 0 radical (unpaired) electrons. The third-order valence-electron chi connectivity index (χ3n) is 5.20. The highest BCUT2D eigenvalue weighted by Crippen LogP contribution is 2.23. The molecule has 0 bridgehead atoms. The molecule has 1 fully saturated rings. The minimum absolute atomic E-state index is 0.216. The Kier molecular flexibility index (Phi) is 5.65. The van der Waals surface area contributed by atoms with Crippen molar-refractivity contribution >= 4 is 11.7 Å². The average molecular weight is 406 g/mol. The molecule has 0 spiro atoms. The van der Waals surface area contributed by atoms with Crippen LogP contribution in [0.3, 0.4) is 0 Å². The van der Waals surface area contributed by atoms with Gasteiger partial charge in [0.1, 0.15) is 23.1 Å². The van der Waals surface area contributed by atoms with Crippen molar-refractivity contribution in [3.05, 3.63) is 53.6 Å². The molecule has 3 aromatic rings. The third-order valence-corrected chi connectivity index (χ3v) is 5.20. The molecule has 0 atom stereocenters. The summed E-state index contributed by atoms with van der Waals surface area (Å²) in [5, 5.41) is 7.40. The normalized spacial score (nSPS) is 13.5. The van der Waals surface area contributed by atoms with Crippen LogP contribution in [0.4, 0.5) is 5.82 Å². The zero-order valence-electron chi connectivity index (χ0n) is 17.6. The second kappa shape index (κ2) is 8.52. The van der Waals surface area contributed by atoms with Gasteiger partial charge in [0.15, 0.2) is 0 Å². The van der Waals surface area contributed by atoms with E-state index < -0.39 is 0 Å². The molecule has 0 unspecified atom stereocenters. The van der Waals surface area contributed by atoms with E-state index in [9.17, 15) is 4.79 Å². The number of rotatable bonds is 6. The molecule has 1 N–H and O–H groups in total. The van der Waals surface area contributed by atoms with E-state index in [1.165, 1.54) is 12.8 Å². The predicted molar refractivity (Wildman–Crippen MR) is 115 cm³/mol. The van der Waals surface area contributed by atoms with E-state index in [0.717, 1.165) is 35.9 Å². The zero-order chi connectivity index (χ0) is 21.1. The predicted octanol–water partition coefficient (Wildman–Crippen LogP) is 2.72. The zero-order valence-corrected chi connectivity index (χ0v) is 17.6. The fraction of sp³-hybridized carbons (Fsp3) is 0.364. The lowest BCUT2D eigenvalue weighted by Crippen LogP contribution is -2.27. The van der Waals surface area contributed by atoms with Crippen LogP contribution in [0.2, 0.25) is 0 Å². The highest BCUT2D eigenvalue weighted by Gasteiger charge is 2.17. The van der Waals surface area contributed by atoms with Crippen LogP contribution < -0.4 is 15.0 Å². The van der Waals surface area contributed by atoms with Gasteiger partial charge in [0.2, 0.25) is 0 Å². The molecule has 3 heterocycles. The first kappa shape index (κ1) is 19.9. The Hall–Kier alpha value is -3.42. The average Bonchev–Trinajstić information content (AvgIpc) is 3.42. The van der Waals surface area contributed by atoms with Gasteiger partial charge in [-0.25, -0.2) is 9.97 Å². The number of nitrogens with zero attached hydrogens (tertiary/aromatic N) is 5. The fourth-order valence-electron chi connectivity index (χ4n) is 3.65. The van der Waals surface area contributed by atoms with Crippen molar-refractivity contribution in [2.45, 2.75) is 26.3 Å². The lowest BCUT2D eigenvalue weighted by Gasteiger charge is -2.17. The van der Waals surface area contributed by atoms with Gasteiger partial charge in [-0.15, -0.1) is 0 Å². The van der Waals surface area contributed by atoms with E-state index in [2.05, 4.69) is 25.3 Å². The van der Waals surface area contributed by atoms with E-state index in [-0.39, 0.29) is 12.5 Å². The van der Waals surface area contributed by atoms with Gasteiger partial charge in [-0.2, -0.15) is 5.10 Å². The lowest BCUT2D eigenvalue weighted by molar-refractivity contribution is 0.0940. The Morgan fingerprint density at radius 3 is 2.73 bits per heavy atom. The van der Waals surface area contributed by atoms with Crippen LogP contribution in [0, 0.1) is 6.92 Å². The molecule has 1 aliphatic rings. The smallest absolute Gasteiger partial charge is 0.269 e. The maximum atomic E-state index is 12.8. The first-order valence-corrected chi connectivity index (χ1v) is 10.1. The highest BCUT2D eigenvalue weighted by atomic mass is 16.5. The Balaban J connectivity index is 1.47. The first-order valence-electron chi connectivity index (χ1n) is 10.1. The van der Waals surface area contributed by atoms with Gasteiger partial charge < -0.3 is 15.0 Å². The number of aryl methyl sites for hydroxylation is 2. The fourth-order valence-corrected chi connectivity index (χ4v) is 3.65. The molecule has 2 aromatic heterocycles. The molecular weight excluding hydrogens is 380 g/mol. The van der Waals surface area contributed by atoms with Crippen LogP contribution in [0.1, 0.15) is 34.8 Å². The van der Waals surface area contributed by atoms with Crippen molar-refractivity contribution in [1.29, 1.82) is 0 Å². The highest BCUT2D eigenvalue weighted by molar-refractivity contribution is 5.93. The molecule has 4 rings (SSSR count). The largest absolute Gasteiger partial charge is 0.497 e. The van der Waals surface area contributed by atoms with Crippen LogP contribution in [0.5, 0.6) is 5.75 Å². The Morgan fingerprint density at radius 2 is 1.97 bits per heavy atom. The van der Waals surface area contributed by atoms with Gasteiger partial charge in [0.25, 0.3) is 5.91 Å². The van der Waals surface area contributed by atoms with Crippen molar-refractivity contribution in [1.82, 2.24) is 25.1 Å². The number of carbonyl (C=O) groups excluding carboxylic acids is 1. The van der Waals surface area contributed by atoms with Crippen molar-refractivity contribution in [3.8, 4) is 17.0 Å². The molecule has 1 saturated heterocycles. The second-order valence-electron chi connectivity index (χ2n) is 7.43. The summed E-state index contributed by atoms with van der Waals surface area (Å²) >= 11 is 0. The molecule has 156 valence electrons. The number of benzene rings is 1. The number of carbonyl (C=O) groups is 1. The van der Waals surface area contributed by atoms with Gasteiger partial charge in [-0.1, -0.05) is 12.1 Å². The van der Waals surface area contributed by atoms with Crippen LogP contribution in [0.25, 0.3) is 11.3 Å². The molecular formula is C22H26N6O2. The summed E-state index contributed by atoms with van der Waals surface area (Å²) < 4.78 is 6.85. The van der Waals surface area contributed by atoms with Crippen molar-refractivity contribution in [3.63, 3.8) is 0 Å². The number of hydrogen-bond donors (Lipinski definition) is 1. The number of amides is 1. The molecule has 0 aliphatic carbocycles. The van der Waals surface area contributed by atoms with E-state index in [1.54, 1.807) is 24.9 Å². The number of ether oxygens (including phenoxy) is 1. The molecule has 1 aliphatic heterocycles. The van der Waals surface area contributed by atoms with Gasteiger partial charge in [0, 0.05) is 37.5 Å². The van der Waals surface area contributed by atoms with E-state index in [4.69, 9.17) is 4.74 Å². The molecule has 1 aromatic carbocycles. The maximum absolute atomic E-state index is 12.8. The second-order valence-corrected chi connectivity index (χ2v) is 7.43. The summed E-state index contributed by atoms with van der Waals surface area (Å²) in [4.78, 5) is 24.2. The van der Waals surface area contributed by atoms with Crippen LogP contribution in [-0.4, -0.2) is 45.9 Å². The molecule has 30 heavy (non-hydrogen) atoms. The summed E-state index contributed by atoms with van der Waals surface area (Å²) in [5.41, 5.74) is 2.98. The number of methoxy groups -OCH3 is 1. The minimum atomic E-state index is -0.216. The number of hydrogen-bond acceptors (Lipinski definition) is 6. The Morgan fingerprint density at radius 1 is 1.17 bits per heavy atom. The van der Waals surface area contributed by atoms with Gasteiger partial charge in [-0.05, 0) is 38.0 Å². The van der Waals surface area contributed by atoms with Gasteiger partial charge >= 0.3 is 0 Å². The maximum Gasteiger partial charge on any atom is 0.269 e. The third kappa shape index (κ3) is 4.27. The quantitative estimate of drug-likeness (QED) is 0.678. The van der Waals surface area contributed by atoms with Crippen LogP contribution in [-0.2, 0) is 13.6 Å². The first-order chi connectivity index (χ1) is 14.5. The summed E-state index contributed by atoms with van der Waals surface area (Å²) in [5.74, 6) is 2.08. The van der Waals surface area contributed by atoms with Gasteiger partial charge in [-0.3, -0.25) is 9.48 Å². The van der Waals surface area contributed by atoms with Crippen LogP contribution in [0.15, 0.2) is 36.4 Å². The van der Waals surface area contributed by atoms with E-state index in [1.807, 2.05) is 37.3 Å². The Labute approximate surface area is 175 Å². The Bertz CT molecular complexity index is 1060. The topological polar surface area (TPSA) is 85.2 Å². The summed E-state index contributed by atoms with van der Waals surface area (Å²) in [6, 6.07) is 11.4. The van der Waals surface area contributed by atoms with Gasteiger partial charge in [0.05, 0.1) is 19.3 Å². The minimum Gasteiger partial charge on any atom is -0.497 e. The van der Waals surface area contributed by atoms with Crippen molar-refractivity contribution in [2.75, 3.05) is 25.1 Å². The van der Waals surface area contributed by atoms with Crippen molar-refractivity contribution in [2.24, 2.45) is 7.05 Å². The SMILES string of the molecule is COc1cccc(-c2cc(C(=O)NCc3nc(C)cc(N4CCCC4)n3)n(C)n2)c1. The summed E-state index contributed by atoms with van der Waals surface area (Å²) in [7, 11) is 3.38. The number of aromatic nitrogens is 4. The lowest BCUT2D eigenvalue weighted by atomic mass is 10.1. The summed E-state index contributed by atoms with van der Waals surface area (Å²) in [6.07, 6.45) is 2.37. The van der Waals surface area contributed by atoms with Crippen LogP contribution >= 0.6 is 0 Å². The number of anilines is 1. The number of nitrogens with one attached hydrogen (secondary N) is 1. The monoisotopic (exact) mass is 406 g/mol. The molecule has 0 saturated carbocycles. The van der Waals surface area contributed by atoms with Crippen molar-refractivity contribution < 1.29 is 9.53 Å². The van der Waals surface area contributed by atoms with E-state index >= 15 is 0 Å². The van der Waals surface area contributed by atoms with E-state index in [0.29, 0.717) is 17.2 Å². The standard InChI is InChI=1S/C22H26N6O2/c1-15-11-21(28-9-4-5-10-28)25-20(24-15)14-23-22(29)19-13-18(26-27(19)2)16-7-6-8-17(12-16)30-3/h6-8,11-13H,4-5,9-10,14H2,1-3H3,(H,23,29). The molecule has 8 nitrogen and oxygen atoms in total. The summed E-state index contributed by atoms with van der Waals surface area (Å²) in [6.45, 7) is 4.25. The molecule has 8 heteroatoms.